The van der Waals surface area contributed by atoms with Gasteiger partial charge in [-0.05, 0) is 14.0 Å². The van der Waals surface area contributed by atoms with Gasteiger partial charge >= 0.3 is 0 Å². The molecule has 17 heavy (non-hydrogen) atoms. The minimum absolute atomic E-state index is 0.294. The fourth-order valence-corrected chi connectivity index (χ4v) is 5.27. The number of nitrogens with zero attached hydrogens (tertiary/aromatic N) is 2. The molecule has 0 aromatic carbocycles. The third-order valence-electron chi connectivity index (χ3n) is 2.95. The molecule has 0 bridgehead atoms. The van der Waals surface area contributed by atoms with E-state index < -0.39 is 0 Å². The first-order valence-electron chi connectivity index (χ1n) is 5.85. The predicted molar refractivity (Wildman–Crippen MR) is 78.3 cm³/mol. The Morgan fingerprint density at radius 1 is 1.65 bits per heavy atom. The summed E-state index contributed by atoms with van der Waals surface area (Å²) in [5, 5.41) is 9.10. The second-order valence-corrected chi connectivity index (χ2v) is 6.85. The van der Waals surface area contributed by atoms with Gasteiger partial charge in [0.25, 0.3) is 0 Å². The van der Waals surface area contributed by atoms with E-state index in [4.69, 9.17) is 11.6 Å². The lowest BCUT2D eigenvalue weighted by molar-refractivity contribution is 0.514. The van der Waals surface area contributed by atoms with Crippen LogP contribution in [0, 0.1) is 0 Å². The van der Waals surface area contributed by atoms with Crippen molar-refractivity contribution in [1.29, 1.82) is 0 Å². The van der Waals surface area contributed by atoms with Crippen LogP contribution < -0.4 is 5.32 Å². The average Bonchev–Trinajstić information content (AvgIpc) is 2.74. The smallest absolute Gasteiger partial charge is 0.0834 e. The first-order valence-corrected chi connectivity index (χ1v) is 8.43. The molecule has 1 aliphatic heterocycles. The van der Waals surface area contributed by atoms with Crippen molar-refractivity contribution in [3.8, 4) is 0 Å². The zero-order chi connectivity index (χ0) is 12.3. The average molecular weight is 292 g/mol. The van der Waals surface area contributed by atoms with Crippen LogP contribution in [0.1, 0.15) is 18.7 Å². The van der Waals surface area contributed by atoms with Gasteiger partial charge in [0.15, 0.2) is 0 Å². The van der Waals surface area contributed by atoms with Crippen molar-refractivity contribution >= 4 is 35.1 Å². The molecule has 2 unspecified atom stereocenters. The maximum Gasteiger partial charge on any atom is 0.0834 e. The fraction of sp³-hybridized carbons (Fsp3) is 0.727. The summed E-state index contributed by atoms with van der Waals surface area (Å²) < 4.78 is 2.00. The largest absolute Gasteiger partial charge is 0.311 e. The van der Waals surface area contributed by atoms with Gasteiger partial charge in [0, 0.05) is 29.1 Å². The number of nitrogens with one attached hydrogen (secondary N) is 1. The molecule has 96 valence electrons. The number of hydrogen-bond donors (Lipinski definition) is 1. The Balaban J connectivity index is 2.23. The van der Waals surface area contributed by atoms with Crippen LogP contribution in [-0.2, 0) is 6.54 Å². The summed E-state index contributed by atoms with van der Waals surface area (Å²) in [4.78, 5) is 0. The SMILES string of the molecule is CCn1ncc(Cl)c1C(NC)C1CSCCS1. The summed E-state index contributed by atoms with van der Waals surface area (Å²) in [6.07, 6.45) is 1.76. The van der Waals surface area contributed by atoms with E-state index in [-0.39, 0.29) is 0 Å². The number of hydrogen-bond acceptors (Lipinski definition) is 4. The zero-order valence-electron chi connectivity index (χ0n) is 10.1. The molecule has 0 radical (unpaired) electrons. The van der Waals surface area contributed by atoms with Crippen molar-refractivity contribution in [2.24, 2.45) is 0 Å². The van der Waals surface area contributed by atoms with Crippen molar-refractivity contribution in [1.82, 2.24) is 15.1 Å². The molecular weight excluding hydrogens is 274 g/mol. The van der Waals surface area contributed by atoms with Crippen molar-refractivity contribution in [3.05, 3.63) is 16.9 Å². The summed E-state index contributed by atoms with van der Waals surface area (Å²) in [5.74, 6) is 3.67. The molecule has 0 aliphatic carbocycles. The molecule has 0 amide bonds. The Kier molecular flexibility index (Phi) is 5.09. The van der Waals surface area contributed by atoms with E-state index in [2.05, 4.69) is 17.3 Å². The van der Waals surface area contributed by atoms with E-state index in [1.807, 2.05) is 35.3 Å². The Bertz CT molecular complexity index is 364. The van der Waals surface area contributed by atoms with Gasteiger partial charge in [0.2, 0.25) is 0 Å². The van der Waals surface area contributed by atoms with Crippen LogP contribution in [0.5, 0.6) is 0 Å². The number of aromatic nitrogens is 2. The monoisotopic (exact) mass is 291 g/mol. The quantitative estimate of drug-likeness (QED) is 0.924. The van der Waals surface area contributed by atoms with Gasteiger partial charge in [-0.2, -0.15) is 28.6 Å². The Morgan fingerprint density at radius 3 is 3.06 bits per heavy atom. The summed E-state index contributed by atoms with van der Waals surface area (Å²) in [6.45, 7) is 2.97. The lowest BCUT2D eigenvalue weighted by Crippen LogP contribution is -2.33. The first-order chi connectivity index (χ1) is 8.27. The molecule has 1 aliphatic rings. The summed E-state index contributed by atoms with van der Waals surface area (Å²) >= 11 is 10.3. The maximum atomic E-state index is 6.28. The van der Waals surface area contributed by atoms with E-state index in [9.17, 15) is 0 Å². The number of aryl methyl sites for hydroxylation is 1. The first kappa shape index (κ1) is 13.6. The molecule has 2 atom stereocenters. The standard InChI is InChI=1S/C11H18ClN3S2/c1-3-15-11(8(12)6-14-15)10(13-2)9-7-16-4-5-17-9/h6,9-10,13H,3-5,7H2,1-2H3. The molecule has 2 rings (SSSR count). The third kappa shape index (κ3) is 2.95. The number of rotatable bonds is 4. The summed E-state index contributed by atoms with van der Waals surface area (Å²) in [7, 11) is 2.01. The topological polar surface area (TPSA) is 29.9 Å². The lowest BCUT2D eigenvalue weighted by atomic mass is 10.1. The van der Waals surface area contributed by atoms with Gasteiger partial charge in [0.1, 0.15) is 0 Å². The van der Waals surface area contributed by atoms with Gasteiger partial charge in [-0.3, -0.25) is 4.68 Å². The minimum atomic E-state index is 0.294. The summed E-state index contributed by atoms with van der Waals surface area (Å²) in [5.41, 5.74) is 1.14. The highest BCUT2D eigenvalue weighted by atomic mass is 35.5. The molecule has 0 spiro atoms. The molecule has 0 saturated carbocycles. The van der Waals surface area contributed by atoms with Gasteiger partial charge in [-0.15, -0.1) is 0 Å². The Morgan fingerprint density at radius 2 is 2.47 bits per heavy atom. The maximum absolute atomic E-state index is 6.28. The van der Waals surface area contributed by atoms with Crippen molar-refractivity contribution in [3.63, 3.8) is 0 Å². The molecular formula is C11H18ClN3S2. The van der Waals surface area contributed by atoms with Crippen LogP contribution in [0.3, 0.4) is 0 Å². The lowest BCUT2D eigenvalue weighted by Gasteiger charge is -2.29. The molecule has 1 aromatic rings. The van der Waals surface area contributed by atoms with Crippen molar-refractivity contribution in [2.75, 3.05) is 24.3 Å². The van der Waals surface area contributed by atoms with Gasteiger partial charge in [0.05, 0.1) is 23.0 Å². The molecule has 1 saturated heterocycles. The normalized spacial score (nSPS) is 22.6. The minimum Gasteiger partial charge on any atom is -0.311 e. The Labute approximate surface area is 116 Å². The number of thioether (sulfide) groups is 2. The number of halogens is 1. The van der Waals surface area contributed by atoms with Crippen LogP contribution in [0.25, 0.3) is 0 Å². The Hall–Kier alpha value is 0.160. The van der Waals surface area contributed by atoms with Crippen molar-refractivity contribution < 1.29 is 0 Å². The highest BCUT2D eigenvalue weighted by Crippen LogP contribution is 2.35. The van der Waals surface area contributed by atoms with Crippen LogP contribution >= 0.6 is 35.1 Å². The van der Waals surface area contributed by atoms with Gasteiger partial charge < -0.3 is 5.32 Å². The highest BCUT2D eigenvalue weighted by Gasteiger charge is 2.29. The van der Waals surface area contributed by atoms with Crippen molar-refractivity contribution in [2.45, 2.75) is 24.8 Å². The molecule has 2 heterocycles. The third-order valence-corrected chi connectivity index (χ3v) is 6.11. The second-order valence-electron chi connectivity index (χ2n) is 3.94. The van der Waals surface area contributed by atoms with E-state index in [1.165, 1.54) is 17.3 Å². The molecule has 1 N–H and O–H groups in total. The van der Waals surface area contributed by atoms with Gasteiger partial charge in [-0.25, -0.2) is 0 Å². The highest BCUT2D eigenvalue weighted by molar-refractivity contribution is 8.06. The van der Waals surface area contributed by atoms with Crippen LogP contribution in [0.2, 0.25) is 5.02 Å². The van der Waals surface area contributed by atoms with Crippen LogP contribution in [0.4, 0.5) is 0 Å². The molecule has 1 fully saturated rings. The fourth-order valence-electron chi connectivity index (χ4n) is 2.13. The molecule has 6 heteroatoms. The van der Waals surface area contributed by atoms with E-state index in [0.29, 0.717) is 11.3 Å². The van der Waals surface area contributed by atoms with Gasteiger partial charge in [-0.1, -0.05) is 11.6 Å². The predicted octanol–water partition coefficient (Wildman–Crippen LogP) is 2.67. The van der Waals surface area contributed by atoms with E-state index in [1.54, 1.807) is 6.20 Å². The molecule has 1 aromatic heterocycles. The second kappa shape index (κ2) is 6.36. The summed E-state index contributed by atoms with van der Waals surface area (Å²) in [6, 6.07) is 0.294. The van der Waals surface area contributed by atoms with E-state index in [0.717, 1.165) is 17.3 Å². The van der Waals surface area contributed by atoms with Crippen LogP contribution in [0.15, 0.2) is 6.20 Å². The van der Waals surface area contributed by atoms with Crippen LogP contribution in [-0.4, -0.2) is 39.3 Å². The molecule has 3 nitrogen and oxygen atoms in total. The van der Waals surface area contributed by atoms with E-state index >= 15 is 0 Å². The zero-order valence-corrected chi connectivity index (χ0v) is 12.5.